The van der Waals surface area contributed by atoms with Gasteiger partial charge in [-0.2, -0.15) is 0 Å². The predicted molar refractivity (Wildman–Crippen MR) is 123 cm³/mol. The highest BCUT2D eigenvalue weighted by molar-refractivity contribution is 6.51. The van der Waals surface area contributed by atoms with Crippen LogP contribution in [-0.4, -0.2) is 30.9 Å². The zero-order valence-corrected chi connectivity index (χ0v) is 17.9. The fraction of sp³-hybridized carbons (Fsp3) is 0.120. The van der Waals surface area contributed by atoms with E-state index in [4.69, 9.17) is 11.6 Å². The van der Waals surface area contributed by atoms with Crippen LogP contribution in [0.4, 0.5) is 11.4 Å². The van der Waals surface area contributed by atoms with E-state index in [1.807, 2.05) is 37.2 Å². The van der Waals surface area contributed by atoms with Gasteiger partial charge in [0.1, 0.15) is 5.76 Å². The number of ketones is 1. The second kappa shape index (κ2) is 8.28. The maximum absolute atomic E-state index is 13.1. The molecule has 0 bridgehead atoms. The summed E-state index contributed by atoms with van der Waals surface area (Å²) in [4.78, 5) is 29.6. The number of rotatable bonds is 4. The van der Waals surface area contributed by atoms with Crippen molar-refractivity contribution in [2.75, 3.05) is 23.9 Å². The molecule has 3 aromatic carbocycles. The molecule has 0 aromatic heterocycles. The SMILES string of the molecule is CN(C)c1ccc(N2C(=O)C(=O)C(=C(O)c3ccccc3)C2c2ccc(Cl)cc2)cc1. The summed E-state index contributed by atoms with van der Waals surface area (Å²) in [6, 6.07) is 22.3. The van der Waals surface area contributed by atoms with Crippen molar-refractivity contribution in [1.29, 1.82) is 0 Å². The zero-order valence-electron chi connectivity index (χ0n) is 17.1. The van der Waals surface area contributed by atoms with Crippen LogP contribution in [0.1, 0.15) is 17.2 Å². The molecule has 1 heterocycles. The molecular weight excluding hydrogens is 412 g/mol. The molecule has 156 valence electrons. The van der Waals surface area contributed by atoms with Gasteiger partial charge in [-0.05, 0) is 42.0 Å². The fourth-order valence-electron chi connectivity index (χ4n) is 3.72. The number of benzene rings is 3. The van der Waals surface area contributed by atoms with Crippen LogP contribution in [-0.2, 0) is 9.59 Å². The topological polar surface area (TPSA) is 60.9 Å². The molecular formula is C25H21ClN2O3. The van der Waals surface area contributed by atoms with Crippen LogP contribution < -0.4 is 9.80 Å². The first-order chi connectivity index (χ1) is 14.9. The molecule has 0 radical (unpaired) electrons. The van der Waals surface area contributed by atoms with Gasteiger partial charge < -0.3 is 10.0 Å². The third kappa shape index (κ3) is 3.80. The molecule has 1 amide bonds. The second-order valence-electron chi connectivity index (χ2n) is 7.50. The molecule has 4 rings (SSSR count). The Kier molecular flexibility index (Phi) is 5.53. The summed E-state index contributed by atoms with van der Waals surface area (Å²) in [5.41, 5.74) is 2.74. The lowest BCUT2D eigenvalue weighted by atomic mass is 9.95. The van der Waals surface area contributed by atoms with Crippen LogP contribution in [0, 0.1) is 0 Å². The molecule has 1 N–H and O–H groups in total. The van der Waals surface area contributed by atoms with Crippen molar-refractivity contribution < 1.29 is 14.7 Å². The average molecular weight is 433 g/mol. The molecule has 1 aliphatic heterocycles. The Morgan fingerprint density at radius 2 is 1.52 bits per heavy atom. The van der Waals surface area contributed by atoms with Crippen molar-refractivity contribution in [2.24, 2.45) is 0 Å². The van der Waals surface area contributed by atoms with Crippen molar-refractivity contribution >= 4 is 40.4 Å². The summed E-state index contributed by atoms with van der Waals surface area (Å²) >= 11 is 6.06. The van der Waals surface area contributed by atoms with Crippen molar-refractivity contribution in [3.05, 3.63) is 101 Å². The Morgan fingerprint density at radius 1 is 0.903 bits per heavy atom. The first-order valence-corrected chi connectivity index (χ1v) is 10.2. The minimum atomic E-state index is -0.775. The Hall–Kier alpha value is -3.57. The molecule has 31 heavy (non-hydrogen) atoms. The zero-order chi connectivity index (χ0) is 22.1. The number of hydrogen-bond acceptors (Lipinski definition) is 4. The van der Waals surface area contributed by atoms with E-state index in [0.717, 1.165) is 5.69 Å². The van der Waals surface area contributed by atoms with Gasteiger partial charge in [-0.15, -0.1) is 0 Å². The molecule has 1 saturated heterocycles. The summed E-state index contributed by atoms with van der Waals surface area (Å²) in [5, 5.41) is 11.6. The van der Waals surface area contributed by atoms with E-state index in [1.54, 1.807) is 60.7 Å². The lowest BCUT2D eigenvalue weighted by molar-refractivity contribution is -0.132. The van der Waals surface area contributed by atoms with Crippen molar-refractivity contribution in [3.63, 3.8) is 0 Å². The molecule has 0 spiro atoms. The summed E-state index contributed by atoms with van der Waals surface area (Å²) in [5.74, 6) is -1.61. The van der Waals surface area contributed by atoms with Crippen molar-refractivity contribution in [1.82, 2.24) is 0 Å². The van der Waals surface area contributed by atoms with Gasteiger partial charge in [0, 0.05) is 36.1 Å². The molecule has 1 atom stereocenters. The highest BCUT2D eigenvalue weighted by atomic mass is 35.5. The van der Waals surface area contributed by atoms with E-state index in [2.05, 4.69) is 0 Å². The van der Waals surface area contributed by atoms with Gasteiger partial charge in [0.15, 0.2) is 0 Å². The summed E-state index contributed by atoms with van der Waals surface area (Å²) in [6.45, 7) is 0. The number of carbonyl (C=O) groups excluding carboxylic acids is 2. The molecule has 0 saturated carbocycles. The van der Waals surface area contributed by atoms with Crippen LogP contribution in [0.15, 0.2) is 84.4 Å². The van der Waals surface area contributed by atoms with Crippen LogP contribution in [0.2, 0.25) is 5.02 Å². The third-order valence-corrected chi connectivity index (χ3v) is 5.57. The largest absolute Gasteiger partial charge is 0.507 e. The van der Waals surface area contributed by atoms with Gasteiger partial charge in [-0.25, -0.2) is 0 Å². The number of hydrogen-bond donors (Lipinski definition) is 1. The monoisotopic (exact) mass is 432 g/mol. The van der Waals surface area contributed by atoms with Crippen LogP contribution >= 0.6 is 11.6 Å². The third-order valence-electron chi connectivity index (χ3n) is 5.32. The first kappa shape index (κ1) is 20.7. The highest BCUT2D eigenvalue weighted by Gasteiger charge is 2.46. The fourth-order valence-corrected chi connectivity index (χ4v) is 3.85. The van der Waals surface area contributed by atoms with Crippen molar-refractivity contribution in [2.45, 2.75) is 6.04 Å². The van der Waals surface area contributed by atoms with Crippen LogP contribution in [0.3, 0.4) is 0 Å². The Bertz CT molecular complexity index is 1150. The number of halogens is 1. The van der Waals surface area contributed by atoms with E-state index in [9.17, 15) is 14.7 Å². The van der Waals surface area contributed by atoms with Gasteiger partial charge in [0.2, 0.25) is 0 Å². The number of anilines is 2. The summed E-state index contributed by atoms with van der Waals surface area (Å²) < 4.78 is 0. The number of aliphatic hydroxyl groups excluding tert-OH is 1. The Balaban J connectivity index is 1.90. The van der Waals surface area contributed by atoms with Crippen LogP contribution in [0.25, 0.3) is 5.76 Å². The minimum absolute atomic E-state index is 0.0511. The summed E-state index contributed by atoms with van der Waals surface area (Å²) in [6.07, 6.45) is 0. The quantitative estimate of drug-likeness (QED) is 0.357. The lowest BCUT2D eigenvalue weighted by Gasteiger charge is -2.26. The number of aliphatic hydroxyl groups is 1. The van der Waals surface area contributed by atoms with Crippen molar-refractivity contribution in [3.8, 4) is 0 Å². The molecule has 1 unspecified atom stereocenters. The van der Waals surface area contributed by atoms with Gasteiger partial charge in [-0.1, -0.05) is 54.1 Å². The van der Waals surface area contributed by atoms with Gasteiger partial charge in [0.05, 0.1) is 11.6 Å². The van der Waals surface area contributed by atoms with Gasteiger partial charge >= 0.3 is 0 Å². The number of amides is 1. The Labute approximate surface area is 185 Å². The minimum Gasteiger partial charge on any atom is -0.507 e. The van der Waals surface area contributed by atoms with E-state index in [-0.39, 0.29) is 11.3 Å². The molecule has 3 aromatic rings. The molecule has 1 aliphatic rings. The molecule has 1 fully saturated rings. The number of carbonyl (C=O) groups is 2. The second-order valence-corrected chi connectivity index (χ2v) is 7.93. The standard InChI is InChI=1S/C25H21ClN2O3/c1-27(2)19-12-14-20(15-13-19)28-22(16-8-10-18(26)11-9-16)21(24(30)25(28)31)23(29)17-6-4-3-5-7-17/h3-15,22,29H,1-2H3. The van der Waals surface area contributed by atoms with Crippen LogP contribution in [0.5, 0.6) is 0 Å². The summed E-state index contributed by atoms with van der Waals surface area (Å²) in [7, 11) is 3.85. The predicted octanol–water partition coefficient (Wildman–Crippen LogP) is 5.03. The Morgan fingerprint density at radius 3 is 2.10 bits per heavy atom. The first-order valence-electron chi connectivity index (χ1n) is 9.78. The van der Waals surface area contributed by atoms with E-state index in [0.29, 0.717) is 21.8 Å². The molecule has 6 heteroatoms. The number of Topliss-reactive ketones (excluding diaryl/α,β-unsaturated/α-hetero) is 1. The maximum atomic E-state index is 13.1. The smallest absolute Gasteiger partial charge is 0.300 e. The lowest BCUT2D eigenvalue weighted by Crippen LogP contribution is -2.29. The van der Waals surface area contributed by atoms with E-state index >= 15 is 0 Å². The number of nitrogens with zero attached hydrogens (tertiary/aromatic N) is 2. The normalized spacial score (nSPS) is 17.8. The van der Waals surface area contributed by atoms with Gasteiger partial charge in [-0.3, -0.25) is 14.5 Å². The molecule has 5 nitrogen and oxygen atoms in total. The maximum Gasteiger partial charge on any atom is 0.300 e. The van der Waals surface area contributed by atoms with E-state index in [1.165, 1.54) is 4.90 Å². The molecule has 0 aliphatic carbocycles. The average Bonchev–Trinajstić information content (AvgIpc) is 3.05. The highest BCUT2D eigenvalue weighted by Crippen LogP contribution is 2.42. The van der Waals surface area contributed by atoms with Gasteiger partial charge in [0.25, 0.3) is 11.7 Å². The van der Waals surface area contributed by atoms with E-state index < -0.39 is 17.7 Å².